The van der Waals surface area contributed by atoms with Crippen LogP contribution in [-0.4, -0.2) is 39.1 Å². The van der Waals surface area contributed by atoms with E-state index in [4.69, 9.17) is 9.47 Å². The third-order valence-electron chi connectivity index (χ3n) is 11.3. The minimum atomic E-state index is -2.24. The monoisotopic (exact) mass is 446 g/mol. The van der Waals surface area contributed by atoms with Crippen LogP contribution in [0.1, 0.15) is 73.6 Å². The van der Waals surface area contributed by atoms with Gasteiger partial charge < -0.3 is 19.7 Å². The van der Waals surface area contributed by atoms with Gasteiger partial charge in [0.1, 0.15) is 5.60 Å². The summed E-state index contributed by atoms with van der Waals surface area (Å²) < 4.78 is 12.0. The SMILES string of the molecule is C=CC(=O)OC1([C@@]2(O)C[C@H]3CC[C@]2(C)C3(C)C)[C@@H]2CC[C@](C)(C2(C)C)[C@@]1(O)OC(=O)C=C. The molecule has 1 unspecified atom stereocenters. The van der Waals surface area contributed by atoms with Crippen molar-refractivity contribution in [3.63, 3.8) is 0 Å². The highest BCUT2D eigenvalue weighted by molar-refractivity contribution is 5.83. The summed E-state index contributed by atoms with van der Waals surface area (Å²) in [5.74, 6) is -4.04. The summed E-state index contributed by atoms with van der Waals surface area (Å²) in [5, 5.41) is 25.3. The molecule has 4 fully saturated rings. The fourth-order valence-corrected chi connectivity index (χ4v) is 8.67. The molecule has 4 bridgehead atoms. The van der Waals surface area contributed by atoms with Gasteiger partial charge in [-0.2, -0.15) is 0 Å². The second-order valence-corrected chi connectivity index (χ2v) is 12.1. The lowest BCUT2D eigenvalue weighted by Gasteiger charge is -2.61. The van der Waals surface area contributed by atoms with Gasteiger partial charge in [0.25, 0.3) is 5.79 Å². The van der Waals surface area contributed by atoms with E-state index in [2.05, 4.69) is 27.0 Å². The Kier molecular flexibility index (Phi) is 4.60. The first-order valence-corrected chi connectivity index (χ1v) is 11.7. The Hall–Kier alpha value is -1.66. The Labute approximate surface area is 191 Å². The van der Waals surface area contributed by atoms with Crippen molar-refractivity contribution in [1.82, 2.24) is 0 Å². The summed E-state index contributed by atoms with van der Waals surface area (Å²) in [6.45, 7) is 19.2. The third kappa shape index (κ3) is 2.06. The van der Waals surface area contributed by atoms with Crippen molar-refractivity contribution in [3.05, 3.63) is 25.3 Å². The predicted molar refractivity (Wildman–Crippen MR) is 119 cm³/mol. The molecule has 0 radical (unpaired) electrons. The highest BCUT2D eigenvalue weighted by Crippen LogP contribution is 2.82. The van der Waals surface area contributed by atoms with Crippen LogP contribution in [0.25, 0.3) is 0 Å². The van der Waals surface area contributed by atoms with E-state index in [1.165, 1.54) is 0 Å². The lowest BCUT2D eigenvalue weighted by atomic mass is 9.53. The van der Waals surface area contributed by atoms with Crippen molar-refractivity contribution in [2.75, 3.05) is 0 Å². The maximum atomic E-state index is 12.9. The molecule has 0 aromatic rings. The Morgan fingerprint density at radius 2 is 1.38 bits per heavy atom. The molecule has 7 atom stereocenters. The normalized spacial score (nSPS) is 49.6. The third-order valence-corrected chi connectivity index (χ3v) is 11.3. The zero-order valence-corrected chi connectivity index (χ0v) is 20.3. The quantitative estimate of drug-likeness (QED) is 0.378. The van der Waals surface area contributed by atoms with Crippen LogP contribution >= 0.6 is 0 Å². The van der Waals surface area contributed by atoms with Crippen LogP contribution in [0.15, 0.2) is 25.3 Å². The van der Waals surface area contributed by atoms with E-state index in [-0.39, 0.29) is 11.3 Å². The molecule has 4 saturated carbocycles. The fourth-order valence-electron chi connectivity index (χ4n) is 8.67. The summed E-state index contributed by atoms with van der Waals surface area (Å²) in [4.78, 5) is 25.4. The average Bonchev–Trinajstić information content (AvgIpc) is 3.19. The van der Waals surface area contributed by atoms with Crippen LogP contribution in [0.4, 0.5) is 0 Å². The number of aliphatic hydroxyl groups is 2. The number of rotatable bonds is 5. The first-order valence-electron chi connectivity index (χ1n) is 11.7. The van der Waals surface area contributed by atoms with E-state index in [1.807, 2.05) is 27.7 Å². The number of ether oxygens (including phenoxy) is 2. The number of esters is 2. The first kappa shape index (κ1) is 23.5. The summed E-state index contributed by atoms with van der Waals surface area (Å²) in [6.07, 6.45) is 5.28. The van der Waals surface area contributed by atoms with Gasteiger partial charge in [-0.25, -0.2) is 9.59 Å². The lowest BCUT2D eigenvalue weighted by molar-refractivity contribution is -0.380. The van der Waals surface area contributed by atoms with Crippen LogP contribution in [-0.2, 0) is 19.1 Å². The zero-order chi connectivity index (χ0) is 24.2. The molecule has 0 spiro atoms. The Morgan fingerprint density at radius 3 is 1.84 bits per heavy atom. The number of hydrogen-bond acceptors (Lipinski definition) is 6. The van der Waals surface area contributed by atoms with Crippen LogP contribution in [0.3, 0.4) is 0 Å². The number of hydrogen-bond donors (Lipinski definition) is 2. The van der Waals surface area contributed by atoms with Gasteiger partial charge >= 0.3 is 11.9 Å². The van der Waals surface area contributed by atoms with E-state index in [0.29, 0.717) is 19.3 Å². The molecule has 6 nitrogen and oxygen atoms in total. The second-order valence-electron chi connectivity index (χ2n) is 12.1. The lowest BCUT2D eigenvalue weighted by Crippen LogP contribution is -2.78. The largest absolute Gasteiger partial charge is 0.445 e. The highest BCUT2D eigenvalue weighted by atomic mass is 16.7. The zero-order valence-electron chi connectivity index (χ0n) is 20.3. The standard InChI is InChI=1S/C26H38O6/c1-9-18(27)31-25(24(29)15-16-11-13-22(24,7)20(16,3)4)17-12-14-23(8,21(17,5)6)26(25,30)32-19(28)10-2/h9-10,16-17,29-30H,1-2,11-15H2,3-8H3/t16-,17-,22-,23-,24-,25?,26-/m1/s1. The van der Waals surface area contributed by atoms with Crippen molar-refractivity contribution >= 4 is 11.9 Å². The smallest absolute Gasteiger partial charge is 0.332 e. The van der Waals surface area contributed by atoms with Gasteiger partial charge in [0.05, 0.1) is 0 Å². The van der Waals surface area contributed by atoms with Crippen molar-refractivity contribution in [3.8, 4) is 0 Å². The first-order chi connectivity index (χ1) is 14.6. The van der Waals surface area contributed by atoms with Crippen molar-refractivity contribution in [1.29, 1.82) is 0 Å². The van der Waals surface area contributed by atoms with Crippen LogP contribution < -0.4 is 0 Å². The van der Waals surface area contributed by atoms with Crippen LogP contribution in [0, 0.1) is 33.5 Å². The molecule has 0 amide bonds. The summed E-state index contributed by atoms with van der Waals surface area (Å²) in [6, 6.07) is 0. The molecule has 6 heteroatoms. The summed E-state index contributed by atoms with van der Waals surface area (Å²) in [7, 11) is 0. The van der Waals surface area contributed by atoms with Gasteiger partial charge in [-0.3, -0.25) is 0 Å². The Morgan fingerprint density at radius 1 is 0.844 bits per heavy atom. The van der Waals surface area contributed by atoms with Gasteiger partial charge in [0.15, 0.2) is 0 Å². The molecule has 0 aliphatic heterocycles. The molecule has 178 valence electrons. The van der Waals surface area contributed by atoms with E-state index >= 15 is 0 Å². The van der Waals surface area contributed by atoms with E-state index in [9.17, 15) is 19.8 Å². The second kappa shape index (κ2) is 6.26. The van der Waals surface area contributed by atoms with Crippen LogP contribution in [0.2, 0.25) is 0 Å². The molecule has 4 aliphatic rings. The molecule has 4 rings (SSSR count). The van der Waals surface area contributed by atoms with Gasteiger partial charge in [0, 0.05) is 28.9 Å². The molecule has 32 heavy (non-hydrogen) atoms. The predicted octanol–water partition coefficient (Wildman–Crippen LogP) is 3.91. The molecule has 0 aromatic carbocycles. The van der Waals surface area contributed by atoms with Gasteiger partial charge in [-0.05, 0) is 48.9 Å². The molecule has 0 saturated heterocycles. The van der Waals surface area contributed by atoms with Gasteiger partial charge in [0.2, 0.25) is 5.60 Å². The van der Waals surface area contributed by atoms with E-state index in [0.717, 1.165) is 25.0 Å². The van der Waals surface area contributed by atoms with E-state index < -0.39 is 51.1 Å². The maximum absolute atomic E-state index is 12.9. The topological polar surface area (TPSA) is 93.1 Å². The van der Waals surface area contributed by atoms with E-state index in [1.54, 1.807) is 0 Å². The molecular formula is C26H38O6. The molecular weight excluding hydrogens is 408 g/mol. The average molecular weight is 447 g/mol. The maximum Gasteiger partial charge on any atom is 0.332 e. The highest BCUT2D eigenvalue weighted by Gasteiger charge is 2.92. The Bertz CT molecular complexity index is 906. The molecule has 2 N–H and O–H groups in total. The van der Waals surface area contributed by atoms with Crippen molar-refractivity contribution in [2.45, 2.75) is 90.6 Å². The number of carbonyl (C=O) groups excluding carboxylic acids is 2. The molecule has 4 aliphatic carbocycles. The minimum Gasteiger partial charge on any atom is -0.445 e. The van der Waals surface area contributed by atoms with Crippen molar-refractivity contribution in [2.24, 2.45) is 33.5 Å². The van der Waals surface area contributed by atoms with Gasteiger partial charge in [-0.1, -0.05) is 54.7 Å². The molecule has 0 aromatic heterocycles. The molecule has 0 heterocycles. The number of fused-ring (bicyclic) bond motifs is 4. The minimum absolute atomic E-state index is 0.186. The van der Waals surface area contributed by atoms with Gasteiger partial charge in [-0.15, -0.1) is 0 Å². The van der Waals surface area contributed by atoms with Crippen LogP contribution in [0.5, 0.6) is 0 Å². The summed E-state index contributed by atoms with van der Waals surface area (Å²) >= 11 is 0. The fraction of sp³-hybridized carbons (Fsp3) is 0.769. The Balaban J connectivity index is 2.07. The summed E-state index contributed by atoms with van der Waals surface area (Å²) in [5.41, 5.74) is -5.93. The van der Waals surface area contributed by atoms with Crippen molar-refractivity contribution < 1.29 is 29.3 Å². The number of carbonyl (C=O) groups is 2.